The van der Waals surface area contributed by atoms with Crippen LogP contribution in [-0.2, 0) is 0 Å². The zero-order valence-electron chi connectivity index (χ0n) is 7.80. The van der Waals surface area contributed by atoms with Crippen LogP contribution in [0, 0.1) is 0 Å². The van der Waals surface area contributed by atoms with E-state index in [2.05, 4.69) is 13.2 Å². The van der Waals surface area contributed by atoms with Crippen LogP contribution in [-0.4, -0.2) is 45.3 Å². The minimum Gasteiger partial charge on any atom is -0.392 e. The van der Waals surface area contributed by atoms with Gasteiger partial charge in [-0.15, -0.1) is 0 Å². The third kappa shape index (κ3) is 4.19. The van der Waals surface area contributed by atoms with Crippen LogP contribution < -0.4 is 0 Å². The van der Waals surface area contributed by atoms with E-state index in [0.29, 0.717) is 0 Å². The van der Waals surface area contributed by atoms with Gasteiger partial charge < -0.3 is 15.3 Å². The molecule has 0 saturated heterocycles. The average molecular weight is 187 g/mol. The summed E-state index contributed by atoms with van der Waals surface area (Å²) in [7, 11) is 0. The van der Waals surface area contributed by atoms with Gasteiger partial charge in [0.2, 0.25) is 0 Å². The van der Waals surface area contributed by atoms with Gasteiger partial charge in [-0.25, -0.2) is 4.90 Å². The van der Waals surface area contributed by atoms with Crippen LogP contribution >= 0.6 is 0 Å². The fourth-order valence-electron chi connectivity index (χ4n) is 0.948. The molecule has 3 atom stereocenters. The summed E-state index contributed by atoms with van der Waals surface area (Å²) < 4.78 is 0. The molecule has 76 valence electrons. The van der Waals surface area contributed by atoms with Crippen molar-refractivity contribution in [1.29, 1.82) is 0 Å². The summed E-state index contributed by atoms with van der Waals surface area (Å²) in [4.78, 5) is 1.27. The van der Waals surface area contributed by atoms with E-state index in [-0.39, 0.29) is 6.54 Å². The molecular weight excluding hydrogens is 170 g/mol. The Bertz CT molecular complexity index is 156. The molecular formula is C9H17NO3. The molecule has 3 unspecified atom stereocenters. The van der Waals surface area contributed by atoms with E-state index in [9.17, 15) is 10.2 Å². The highest BCUT2D eigenvalue weighted by Crippen LogP contribution is 2.05. The van der Waals surface area contributed by atoms with E-state index < -0.39 is 18.6 Å². The summed E-state index contributed by atoms with van der Waals surface area (Å²) in [5.41, 5.74) is 0. The van der Waals surface area contributed by atoms with Gasteiger partial charge in [-0.3, -0.25) is 0 Å². The lowest BCUT2D eigenvalue weighted by molar-refractivity contribution is -0.0729. The highest BCUT2D eigenvalue weighted by Gasteiger charge is 2.19. The van der Waals surface area contributed by atoms with E-state index in [1.807, 2.05) is 0 Å². The molecule has 4 nitrogen and oxygen atoms in total. The van der Waals surface area contributed by atoms with Gasteiger partial charge in [-0.1, -0.05) is 13.2 Å². The molecule has 0 bridgehead atoms. The zero-order chi connectivity index (χ0) is 10.4. The molecule has 0 aromatic rings. The van der Waals surface area contributed by atoms with Crippen molar-refractivity contribution < 1.29 is 15.3 Å². The van der Waals surface area contributed by atoms with Gasteiger partial charge in [0.1, 0.15) is 12.5 Å². The molecule has 0 aliphatic carbocycles. The molecule has 0 rings (SSSR count). The van der Waals surface area contributed by atoms with Crippen molar-refractivity contribution >= 4 is 0 Å². The second-order valence-corrected chi connectivity index (χ2v) is 2.84. The van der Waals surface area contributed by atoms with Crippen LogP contribution in [0.2, 0.25) is 0 Å². The molecule has 0 aliphatic rings. The Hall–Kier alpha value is -0.680. The summed E-state index contributed by atoms with van der Waals surface area (Å²) in [6.07, 6.45) is -0.0566. The van der Waals surface area contributed by atoms with Crippen LogP contribution in [0.25, 0.3) is 0 Å². The van der Waals surface area contributed by atoms with Crippen molar-refractivity contribution in [2.75, 3.05) is 6.54 Å². The Balaban J connectivity index is 4.34. The fourth-order valence-corrected chi connectivity index (χ4v) is 0.948. The maximum atomic E-state index is 9.36. The number of hydrogen-bond donors (Lipinski definition) is 3. The van der Waals surface area contributed by atoms with Gasteiger partial charge >= 0.3 is 0 Å². The molecule has 0 fully saturated rings. The van der Waals surface area contributed by atoms with Gasteiger partial charge in [0.05, 0.1) is 6.10 Å². The quantitative estimate of drug-likeness (QED) is 0.394. The molecule has 0 amide bonds. The second-order valence-electron chi connectivity index (χ2n) is 2.84. The van der Waals surface area contributed by atoms with Crippen LogP contribution in [0.1, 0.15) is 6.92 Å². The van der Waals surface area contributed by atoms with Crippen molar-refractivity contribution in [2.24, 2.45) is 0 Å². The molecule has 0 radical (unpaired) electrons. The summed E-state index contributed by atoms with van der Waals surface area (Å²) >= 11 is 0. The molecule has 0 aliphatic heterocycles. The molecule has 4 heteroatoms. The normalized spacial score (nSPS) is 17.9. The van der Waals surface area contributed by atoms with Gasteiger partial charge in [-0.2, -0.15) is 0 Å². The number of nitrogens with zero attached hydrogens (tertiary/aromatic N) is 1. The highest BCUT2D eigenvalue weighted by molar-refractivity contribution is 4.87. The number of aliphatic hydroxyl groups excluding tert-OH is 3. The standard InChI is InChI=1S/C9H17NO3/c1-4-8(12)10(6-7(3)11)9(13)5-2/h4-5,7-9,11-13H,1-2,6H2,3H3. The van der Waals surface area contributed by atoms with E-state index in [1.54, 1.807) is 6.92 Å². The van der Waals surface area contributed by atoms with E-state index in [0.717, 1.165) is 0 Å². The smallest absolute Gasteiger partial charge is 0.128 e. The van der Waals surface area contributed by atoms with Crippen LogP contribution in [0.5, 0.6) is 0 Å². The van der Waals surface area contributed by atoms with Crippen molar-refractivity contribution in [3.8, 4) is 0 Å². The first kappa shape index (κ1) is 12.3. The molecule has 13 heavy (non-hydrogen) atoms. The monoisotopic (exact) mass is 187 g/mol. The van der Waals surface area contributed by atoms with Crippen molar-refractivity contribution in [2.45, 2.75) is 25.5 Å². The summed E-state index contributed by atoms with van der Waals surface area (Å²) in [6.45, 7) is 8.49. The lowest BCUT2D eigenvalue weighted by Gasteiger charge is -2.29. The summed E-state index contributed by atoms with van der Waals surface area (Å²) in [5, 5.41) is 27.8. The highest BCUT2D eigenvalue weighted by atomic mass is 16.3. The lowest BCUT2D eigenvalue weighted by Crippen LogP contribution is -2.44. The van der Waals surface area contributed by atoms with Crippen LogP contribution in [0.4, 0.5) is 0 Å². The van der Waals surface area contributed by atoms with Gasteiger partial charge in [0.15, 0.2) is 0 Å². The molecule has 0 aromatic heterocycles. The topological polar surface area (TPSA) is 63.9 Å². The van der Waals surface area contributed by atoms with Gasteiger partial charge in [0, 0.05) is 6.54 Å². The Morgan fingerprint density at radius 3 is 1.77 bits per heavy atom. The summed E-state index contributed by atoms with van der Waals surface area (Å²) in [6, 6.07) is 0. The maximum absolute atomic E-state index is 9.36. The van der Waals surface area contributed by atoms with Gasteiger partial charge in [0.25, 0.3) is 0 Å². The van der Waals surface area contributed by atoms with E-state index in [4.69, 9.17) is 5.11 Å². The number of hydrogen-bond acceptors (Lipinski definition) is 4. The number of rotatable bonds is 6. The zero-order valence-corrected chi connectivity index (χ0v) is 7.80. The minimum atomic E-state index is -0.984. The third-order valence-electron chi connectivity index (χ3n) is 1.58. The van der Waals surface area contributed by atoms with Crippen LogP contribution in [0.15, 0.2) is 25.3 Å². The SMILES string of the molecule is C=CC(O)N(CC(C)O)C(O)C=C. The van der Waals surface area contributed by atoms with E-state index >= 15 is 0 Å². The van der Waals surface area contributed by atoms with E-state index in [1.165, 1.54) is 17.1 Å². The molecule has 0 heterocycles. The Kier molecular flexibility index (Phi) is 5.57. The third-order valence-corrected chi connectivity index (χ3v) is 1.58. The predicted octanol–water partition coefficient (Wildman–Crippen LogP) is -0.322. The number of aliphatic hydroxyl groups is 3. The van der Waals surface area contributed by atoms with Crippen molar-refractivity contribution in [1.82, 2.24) is 4.90 Å². The van der Waals surface area contributed by atoms with Crippen LogP contribution in [0.3, 0.4) is 0 Å². The summed E-state index contributed by atoms with van der Waals surface area (Å²) in [5.74, 6) is 0. The maximum Gasteiger partial charge on any atom is 0.128 e. The first-order valence-corrected chi connectivity index (χ1v) is 4.08. The molecule has 0 saturated carbocycles. The molecule has 0 spiro atoms. The Labute approximate surface area is 78.4 Å². The first-order valence-electron chi connectivity index (χ1n) is 4.08. The first-order chi connectivity index (χ1) is 6.02. The van der Waals surface area contributed by atoms with Gasteiger partial charge in [-0.05, 0) is 19.1 Å². The fraction of sp³-hybridized carbons (Fsp3) is 0.556. The minimum absolute atomic E-state index is 0.153. The predicted molar refractivity (Wildman–Crippen MR) is 50.8 cm³/mol. The Morgan fingerprint density at radius 1 is 1.15 bits per heavy atom. The second kappa shape index (κ2) is 5.88. The molecule has 0 aromatic carbocycles. The Morgan fingerprint density at radius 2 is 1.54 bits per heavy atom. The van der Waals surface area contributed by atoms with Crippen molar-refractivity contribution in [3.05, 3.63) is 25.3 Å². The largest absolute Gasteiger partial charge is 0.392 e. The molecule has 3 N–H and O–H groups in total. The average Bonchev–Trinajstić information content (AvgIpc) is 2.11. The van der Waals surface area contributed by atoms with Crippen molar-refractivity contribution in [3.63, 3.8) is 0 Å². The lowest BCUT2D eigenvalue weighted by atomic mass is 10.3.